The molecule has 1 saturated carbocycles. The Labute approximate surface area is 77.3 Å². The number of carbonyl (C=O) groups excluding carboxylic acids is 2. The fourth-order valence-electron chi connectivity index (χ4n) is 2.02. The van der Waals surface area contributed by atoms with E-state index in [1.54, 1.807) is 12.2 Å². The summed E-state index contributed by atoms with van der Waals surface area (Å²) >= 11 is 0. The lowest BCUT2D eigenvalue weighted by Crippen LogP contribution is -2.10. The van der Waals surface area contributed by atoms with Gasteiger partial charge in [0, 0.05) is 12.8 Å². The van der Waals surface area contributed by atoms with Crippen LogP contribution in [0, 0.1) is 11.8 Å². The molecule has 0 aromatic heterocycles. The Morgan fingerprint density at radius 3 is 2.38 bits per heavy atom. The summed E-state index contributed by atoms with van der Waals surface area (Å²) in [6.45, 7) is 0. The van der Waals surface area contributed by atoms with Crippen LogP contribution in [-0.2, 0) is 9.59 Å². The summed E-state index contributed by atoms with van der Waals surface area (Å²) in [7, 11) is 0. The summed E-state index contributed by atoms with van der Waals surface area (Å²) in [6, 6.07) is 0. The summed E-state index contributed by atoms with van der Waals surface area (Å²) in [5.41, 5.74) is 0. The Kier molecular flexibility index (Phi) is 2.13. The third-order valence-electron chi connectivity index (χ3n) is 2.79. The van der Waals surface area contributed by atoms with E-state index in [1.165, 1.54) is 0 Å². The van der Waals surface area contributed by atoms with E-state index in [9.17, 15) is 9.59 Å². The van der Waals surface area contributed by atoms with E-state index >= 15 is 0 Å². The van der Waals surface area contributed by atoms with Crippen LogP contribution in [0.4, 0.5) is 0 Å². The van der Waals surface area contributed by atoms with Crippen LogP contribution in [0.25, 0.3) is 0 Å². The van der Waals surface area contributed by atoms with Gasteiger partial charge in [-0.2, -0.15) is 0 Å². The zero-order chi connectivity index (χ0) is 9.26. The second-order valence-corrected chi connectivity index (χ2v) is 3.74. The molecule has 1 fully saturated rings. The van der Waals surface area contributed by atoms with Crippen LogP contribution in [0.5, 0.6) is 0 Å². The molecule has 0 aromatic carbocycles. The maximum atomic E-state index is 11.0. The van der Waals surface area contributed by atoms with Crippen LogP contribution < -0.4 is 0 Å². The first kappa shape index (κ1) is 8.42. The SMILES string of the molecule is O=C1C=CC(C2CCC(=O)C2)C=C1. The minimum atomic E-state index is 0.0561. The number of ketones is 2. The molecule has 68 valence electrons. The smallest absolute Gasteiger partial charge is 0.178 e. The minimum absolute atomic E-state index is 0.0561. The van der Waals surface area contributed by atoms with E-state index in [2.05, 4.69) is 0 Å². The van der Waals surface area contributed by atoms with Crippen LogP contribution in [0.3, 0.4) is 0 Å². The topological polar surface area (TPSA) is 34.1 Å². The number of hydrogen-bond donors (Lipinski definition) is 0. The van der Waals surface area contributed by atoms with E-state index < -0.39 is 0 Å². The Bertz CT molecular complexity index is 283. The minimum Gasteiger partial charge on any atom is -0.300 e. The van der Waals surface area contributed by atoms with Crippen molar-refractivity contribution in [1.29, 1.82) is 0 Å². The molecule has 0 spiro atoms. The Balaban J connectivity index is 2.03. The van der Waals surface area contributed by atoms with Gasteiger partial charge in [0.1, 0.15) is 5.78 Å². The van der Waals surface area contributed by atoms with Crippen LogP contribution in [0.2, 0.25) is 0 Å². The molecular formula is C11H12O2. The van der Waals surface area contributed by atoms with Gasteiger partial charge in [-0.15, -0.1) is 0 Å². The average molecular weight is 176 g/mol. The van der Waals surface area contributed by atoms with Crippen LogP contribution >= 0.6 is 0 Å². The van der Waals surface area contributed by atoms with Crippen molar-refractivity contribution in [3.05, 3.63) is 24.3 Å². The van der Waals surface area contributed by atoms with Gasteiger partial charge in [0.2, 0.25) is 0 Å². The molecule has 0 N–H and O–H groups in total. The Morgan fingerprint density at radius 2 is 1.85 bits per heavy atom. The van der Waals surface area contributed by atoms with Crippen molar-refractivity contribution in [3.8, 4) is 0 Å². The van der Waals surface area contributed by atoms with Crippen molar-refractivity contribution >= 4 is 11.6 Å². The number of carbonyl (C=O) groups is 2. The van der Waals surface area contributed by atoms with Crippen LogP contribution in [0.1, 0.15) is 19.3 Å². The molecule has 1 unspecified atom stereocenters. The summed E-state index contributed by atoms with van der Waals surface area (Å²) in [5, 5.41) is 0. The fourth-order valence-corrected chi connectivity index (χ4v) is 2.02. The normalized spacial score (nSPS) is 28.8. The van der Waals surface area contributed by atoms with Crippen LogP contribution in [0.15, 0.2) is 24.3 Å². The number of rotatable bonds is 1. The highest BCUT2D eigenvalue weighted by Crippen LogP contribution is 2.31. The molecule has 2 nitrogen and oxygen atoms in total. The van der Waals surface area contributed by atoms with Crippen LogP contribution in [-0.4, -0.2) is 11.6 Å². The second-order valence-electron chi connectivity index (χ2n) is 3.74. The monoisotopic (exact) mass is 176 g/mol. The van der Waals surface area contributed by atoms with Crippen molar-refractivity contribution in [2.24, 2.45) is 11.8 Å². The molecule has 0 bridgehead atoms. The highest BCUT2D eigenvalue weighted by Gasteiger charge is 2.27. The van der Waals surface area contributed by atoms with Gasteiger partial charge in [0.05, 0.1) is 0 Å². The van der Waals surface area contributed by atoms with Crippen molar-refractivity contribution in [2.75, 3.05) is 0 Å². The van der Waals surface area contributed by atoms with Gasteiger partial charge in [-0.05, 0) is 30.4 Å². The highest BCUT2D eigenvalue weighted by molar-refractivity contribution is 6.00. The molecule has 2 aliphatic rings. The quantitative estimate of drug-likeness (QED) is 0.609. The van der Waals surface area contributed by atoms with E-state index in [-0.39, 0.29) is 5.78 Å². The first-order valence-electron chi connectivity index (χ1n) is 4.68. The molecule has 0 aliphatic heterocycles. The maximum absolute atomic E-state index is 11.0. The zero-order valence-electron chi connectivity index (χ0n) is 7.40. The third kappa shape index (κ3) is 1.77. The van der Waals surface area contributed by atoms with Gasteiger partial charge in [0.25, 0.3) is 0 Å². The molecule has 2 heteroatoms. The van der Waals surface area contributed by atoms with E-state index in [1.807, 2.05) is 12.2 Å². The summed E-state index contributed by atoms with van der Waals surface area (Å²) in [5.74, 6) is 1.17. The lowest BCUT2D eigenvalue weighted by molar-refractivity contribution is -0.117. The van der Waals surface area contributed by atoms with Crippen molar-refractivity contribution in [1.82, 2.24) is 0 Å². The Hall–Kier alpha value is -1.18. The molecule has 0 saturated heterocycles. The summed E-state index contributed by atoms with van der Waals surface area (Å²) in [4.78, 5) is 21.9. The molecule has 2 aliphatic carbocycles. The van der Waals surface area contributed by atoms with Gasteiger partial charge in [-0.25, -0.2) is 0 Å². The van der Waals surface area contributed by atoms with Crippen molar-refractivity contribution in [2.45, 2.75) is 19.3 Å². The molecule has 0 heterocycles. The van der Waals surface area contributed by atoms with Crippen molar-refractivity contribution in [3.63, 3.8) is 0 Å². The van der Waals surface area contributed by atoms with Gasteiger partial charge < -0.3 is 0 Å². The molecule has 0 amide bonds. The third-order valence-corrected chi connectivity index (χ3v) is 2.79. The fraction of sp³-hybridized carbons (Fsp3) is 0.455. The average Bonchev–Trinajstić information content (AvgIpc) is 2.53. The molecule has 1 atom stereocenters. The van der Waals surface area contributed by atoms with Gasteiger partial charge >= 0.3 is 0 Å². The second kappa shape index (κ2) is 3.29. The maximum Gasteiger partial charge on any atom is 0.178 e. The van der Waals surface area contributed by atoms with E-state index in [4.69, 9.17) is 0 Å². The highest BCUT2D eigenvalue weighted by atomic mass is 16.1. The Morgan fingerprint density at radius 1 is 1.15 bits per heavy atom. The molecule has 13 heavy (non-hydrogen) atoms. The predicted octanol–water partition coefficient (Wildman–Crippen LogP) is 1.67. The van der Waals surface area contributed by atoms with Crippen molar-refractivity contribution < 1.29 is 9.59 Å². The lowest BCUT2D eigenvalue weighted by atomic mass is 9.87. The first-order valence-corrected chi connectivity index (χ1v) is 4.68. The van der Waals surface area contributed by atoms with Gasteiger partial charge in [-0.1, -0.05) is 12.2 Å². The largest absolute Gasteiger partial charge is 0.300 e. The zero-order valence-corrected chi connectivity index (χ0v) is 7.40. The first-order chi connectivity index (χ1) is 6.25. The van der Waals surface area contributed by atoms with Gasteiger partial charge in [-0.3, -0.25) is 9.59 Å². The lowest BCUT2D eigenvalue weighted by Gasteiger charge is -2.16. The molecule has 0 aromatic rings. The van der Waals surface area contributed by atoms with Gasteiger partial charge in [0.15, 0.2) is 5.78 Å². The number of hydrogen-bond acceptors (Lipinski definition) is 2. The number of allylic oxidation sites excluding steroid dienone is 4. The summed E-state index contributed by atoms with van der Waals surface area (Å²) < 4.78 is 0. The van der Waals surface area contributed by atoms with E-state index in [0.29, 0.717) is 24.0 Å². The van der Waals surface area contributed by atoms with E-state index in [0.717, 1.165) is 12.8 Å². The number of Topliss-reactive ketones (excluding diaryl/α,β-unsaturated/α-hetero) is 1. The predicted molar refractivity (Wildman–Crippen MR) is 49.1 cm³/mol. The molecule has 0 radical (unpaired) electrons. The standard InChI is InChI=1S/C11H12O2/c12-10-4-1-8(2-5-10)9-3-6-11(13)7-9/h1-2,4-5,8-9H,3,6-7H2. The summed E-state index contributed by atoms with van der Waals surface area (Å²) in [6.07, 6.45) is 9.44. The molecular weight excluding hydrogens is 164 g/mol. The molecule has 2 rings (SSSR count).